The van der Waals surface area contributed by atoms with E-state index in [1.165, 1.54) is 12.1 Å². The number of benzene rings is 2. The summed E-state index contributed by atoms with van der Waals surface area (Å²) in [6, 6.07) is 13.3. The van der Waals surface area contributed by atoms with Crippen molar-refractivity contribution in [1.82, 2.24) is 14.9 Å². The van der Waals surface area contributed by atoms with Gasteiger partial charge < -0.3 is 19.4 Å². The van der Waals surface area contributed by atoms with Crippen LogP contribution in [0.1, 0.15) is 29.9 Å². The second-order valence-corrected chi connectivity index (χ2v) is 6.91. The van der Waals surface area contributed by atoms with Crippen molar-refractivity contribution in [3.63, 3.8) is 0 Å². The van der Waals surface area contributed by atoms with E-state index in [1.807, 2.05) is 24.3 Å². The zero-order valence-electron chi connectivity index (χ0n) is 16.3. The zero-order chi connectivity index (χ0) is 20.4. The van der Waals surface area contributed by atoms with E-state index in [4.69, 9.17) is 9.47 Å². The van der Waals surface area contributed by atoms with Crippen molar-refractivity contribution in [2.24, 2.45) is 0 Å². The fourth-order valence-electron chi connectivity index (χ4n) is 3.65. The molecule has 1 aliphatic heterocycles. The van der Waals surface area contributed by atoms with Crippen molar-refractivity contribution in [3.8, 4) is 11.5 Å². The second kappa shape index (κ2) is 7.95. The number of fused-ring (bicyclic) bond motifs is 1. The van der Waals surface area contributed by atoms with Gasteiger partial charge in [0.25, 0.3) is 5.91 Å². The highest BCUT2D eigenvalue weighted by Gasteiger charge is 2.36. The Hall–Kier alpha value is -3.35. The maximum Gasteiger partial charge on any atom is 0.264 e. The van der Waals surface area contributed by atoms with E-state index < -0.39 is 11.9 Å². The Morgan fingerprint density at radius 1 is 1.24 bits per heavy atom. The predicted octanol–water partition coefficient (Wildman–Crippen LogP) is 3.50. The van der Waals surface area contributed by atoms with E-state index in [0.29, 0.717) is 13.0 Å². The number of imidazole rings is 1. The van der Waals surface area contributed by atoms with E-state index in [0.717, 1.165) is 22.7 Å². The van der Waals surface area contributed by atoms with Gasteiger partial charge in [0.05, 0.1) is 19.1 Å². The molecule has 0 bridgehead atoms. The Morgan fingerprint density at radius 3 is 2.72 bits per heavy atom. The summed E-state index contributed by atoms with van der Waals surface area (Å²) in [5.74, 6) is 0.0857. The molecule has 2 atom stereocenters. The van der Waals surface area contributed by atoms with Crippen molar-refractivity contribution in [3.05, 3.63) is 77.6 Å². The molecule has 0 unspecified atom stereocenters. The Labute approximate surface area is 168 Å². The van der Waals surface area contributed by atoms with Gasteiger partial charge in [-0.3, -0.25) is 4.79 Å². The van der Waals surface area contributed by atoms with Crippen molar-refractivity contribution in [2.45, 2.75) is 25.5 Å². The number of amides is 1. The van der Waals surface area contributed by atoms with Crippen molar-refractivity contribution in [2.75, 3.05) is 13.7 Å². The molecule has 0 fully saturated rings. The van der Waals surface area contributed by atoms with Crippen LogP contribution in [0.3, 0.4) is 0 Å². The summed E-state index contributed by atoms with van der Waals surface area (Å²) >= 11 is 0. The van der Waals surface area contributed by atoms with E-state index in [9.17, 15) is 9.18 Å². The summed E-state index contributed by atoms with van der Waals surface area (Å²) in [6.45, 7) is 2.15. The van der Waals surface area contributed by atoms with Crippen molar-refractivity contribution >= 4 is 5.91 Å². The molecule has 1 N–H and O–H groups in total. The summed E-state index contributed by atoms with van der Waals surface area (Å²) in [5.41, 5.74) is 2.75. The molecule has 4 rings (SSSR count). The molecular formula is C22H22FN3O3. The van der Waals surface area contributed by atoms with Crippen LogP contribution in [0.2, 0.25) is 0 Å². The van der Waals surface area contributed by atoms with Crippen molar-refractivity contribution in [1.29, 1.82) is 0 Å². The van der Waals surface area contributed by atoms with Gasteiger partial charge in [-0.25, -0.2) is 9.37 Å². The Kier molecular flexibility index (Phi) is 5.20. The highest BCUT2D eigenvalue weighted by Crippen LogP contribution is 2.34. The number of ether oxygens (including phenoxy) is 2. The van der Waals surface area contributed by atoms with Gasteiger partial charge >= 0.3 is 0 Å². The summed E-state index contributed by atoms with van der Waals surface area (Å²) in [7, 11) is 1.61. The molecule has 0 saturated carbocycles. The Balaban J connectivity index is 1.63. The number of hydrogen-bond acceptors (Lipinski definition) is 4. The maximum absolute atomic E-state index is 13.9. The molecule has 2 heterocycles. The van der Waals surface area contributed by atoms with E-state index in [-0.39, 0.29) is 17.7 Å². The number of carbonyl (C=O) groups excluding carboxylic acids is 1. The quantitative estimate of drug-likeness (QED) is 0.718. The molecule has 150 valence electrons. The minimum atomic E-state index is -0.840. The lowest BCUT2D eigenvalue weighted by Crippen LogP contribution is -2.46. The molecule has 0 saturated heterocycles. The molecule has 7 heteroatoms. The lowest BCUT2D eigenvalue weighted by atomic mass is 9.95. The summed E-state index contributed by atoms with van der Waals surface area (Å²) < 4.78 is 24.8. The number of aromatic amines is 1. The van der Waals surface area contributed by atoms with Gasteiger partial charge in [-0.05, 0) is 36.8 Å². The Bertz CT molecular complexity index is 1000. The number of para-hydroxylation sites is 1. The smallest absolute Gasteiger partial charge is 0.264 e. The molecule has 2 aromatic carbocycles. The third-order valence-electron chi connectivity index (χ3n) is 5.13. The first-order chi connectivity index (χ1) is 14.1. The number of carbonyl (C=O) groups is 1. The van der Waals surface area contributed by atoms with Crippen LogP contribution in [-0.2, 0) is 11.2 Å². The molecule has 29 heavy (non-hydrogen) atoms. The molecule has 1 aromatic heterocycles. The number of nitrogens with one attached hydrogen (secondary N) is 1. The third kappa shape index (κ3) is 3.68. The average Bonchev–Trinajstić information content (AvgIpc) is 3.23. The van der Waals surface area contributed by atoms with Crippen LogP contribution in [0, 0.1) is 5.82 Å². The lowest BCUT2D eigenvalue weighted by molar-refractivity contribution is -0.140. The van der Waals surface area contributed by atoms with Crippen LogP contribution in [0.4, 0.5) is 4.39 Å². The molecule has 6 nitrogen and oxygen atoms in total. The number of hydrogen-bond donors (Lipinski definition) is 1. The van der Waals surface area contributed by atoms with Crippen LogP contribution < -0.4 is 9.47 Å². The maximum atomic E-state index is 13.9. The van der Waals surface area contributed by atoms with Crippen LogP contribution in [0.25, 0.3) is 0 Å². The summed E-state index contributed by atoms with van der Waals surface area (Å²) in [5, 5.41) is 0. The number of nitrogens with zero attached hydrogens (tertiary/aromatic N) is 2. The predicted molar refractivity (Wildman–Crippen MR) is 105 cm³/mol. The fraction of sp³-hybridized carbons (Fsp3) is 0.273. The molecule has 3 aromatic rings. The van der Waals surface area contributed by atoms with Gasteiger partial charge in [-0.2, -0.15) is 0 Å². The first-order valence-corrected chi connectivity index (χ1v) is 9.46. The third-order valence-corrected chi connectivity index (χ3v) is 5.13. The molecule has 1 amide bonds. The highest BCUT2D eigenvalue weighted by atomic mass is 19.1. The first-order valence-electron chi connectivity index (χ1n) is 9.46. The molecule has 0 spiro atoms. The minimum absolute atomic E-state index is 0.0619. The SMILES string of the molecule is COc1ccc([C@H]2c3nc[nH]c3CCN2C(=O)[C@@H](C)Oc2ccccc2F)cc1. The van der Waals surface area contributed by atoms with Gasteiger partial charge in [0.2, 0.25) is 0 Å². The minimum Gasteiger partial charge on any atom is -0.497 e. The van der Waals surface area contributed by atoms with Gasteiger partial charge in [0.1, 0.15) is 11.8 Å². The number of rotatable bonds is 5. The molecule has 0 aliphatic carbocycles. The largest absolute Gasteiger partial charge is 0.497 e. The number of halogens is 1. The highest BCUT2D eigenvalue weighted by molar-refractivity contribution is 5.82. The van der Waals surface area contributed by atoms with Gasteiger partial charge in [-0.1, -0.05) is 24.3 Å². The van der Waals surface area contributed by atoms with Gasteiger partial charge in [-0.15, -0.1) is 0 Å². The van der Waals surface area contributed by atoms with Crippen molar-refractivity contribution < 1.29 is 18.7 Å². The zero-order valence-corrected chi connectivity index (χ0v) is 16.3. The average molecular weight is 395 g/mol. The molecular weight excluding hydrogens is 373 g/mol. The van der Waals surface area contributed by atoms with Crippen LogP contribution in [-0.4, -0.2) is 40.5 Å². The summed E-state index contributed by atoms with van der Waals surface area (Å²) in [4.78, 5) is 22.6. The number of methoxy groups -OCH3 is 1. The monoisotopic (exact) mass is 395 g/mol. The van der Waals surface area contributed by atoms with Gasteiger partial charge in [0.15, 0.2) is 17.7 Å². The van der Waals surface area contributed by atoms with E-state index in [2.05, 4.69) is 9.97 Å². The standard InChI is InChI=1S/C22H22FN3O3/c1-14(29-19-6-4-3-5-17(19)23)22(27)26-12-11-18-20(25-13-24-18)21(26)15-7-9-16(28-2)10-8-15/h3-10,13-14,21H,11-12H2,1-2H3,(H,24,25)/t14-,21+/m1/s1. The van der Waals surface area contributed by atoms with Crippen LogP contribution in [0.5, 0.6) is 11.5 Å². The van der Waals surface area contributed by atoms with E-state index >= 15 is 0 Å². The molecule has 0 radical (unpaired) electrons. The second-order valence-electron chi connectivity index (χ2n) is 6.91. The number of H-pyrrole nitrogens is 1. The van der Waals surface area contributed by atoms with Crippen LogP contribution >= 0.6 is 0 Å². The normalized spacial score (nSPS) is 16.8. The summed E-state index contributed by atoms with van der Waals surface area (Å²) in [6.07, 6.45) is 1.47. The number of aromatic nitrogens is 2. The first kappa shape index (κ1) is 19.0. The molecule has 1 aliphatic rings. The lowest BCUT2D eigenvalue weighted by Gasteiger charge is -2.36. The van der Waals surface area contributed by atoms with E-state index in [1.54, 1.807) is 37.4 Å². The van der Waals surface area contributed by atoms with Gasteiger partial charge in [0, 0.05) is 18.7 Å². The topological polar surface area (TPSA) is 67.5 Å². The Morgan fingerprint density at radius 2 is 2.00 bits per heavy atom. The van der Waals surface area contributed by atoms with Crippen LogP contribution in [0.15, 0.2) is 54.9 Å². The fourth-order valence-corrected chi connectivity index (χ4v) is 3.65.